The largest absolute Gasteiger partial charge is 0.480 e. The minimum atomic E-state index is -1.16. The highest BCUT2D eigenvalue weighted by atomic mass is 16.5. The molecule has 9 heteroatoms. The van der Waals surface area contributed by atoms with Crippen LogP contribution in [-0.4, -0.2) is 65.4 Å². The molecular formula is C18H27N3O6. The van der Waals surface area contributed by atoms with Gasteiger partial charge in [-0.1, -0.05) is 30.3 Å². The molecule has 0 heterocycles. The first kappa shape index (κ1) is 22.6. The molecule has 0 aliphatic heterocycles. The van der Waals surface area contributed by atoms with Gasteiger partial charge in [0.05, 0.1) is 25.3 Å². The van der Waals surface area contributed by atoms with Crippen LogP contribution in [0.1, 0.15) is 19.4 Å². The van der Waals surface area contributed by atoms with Gasteiger partial charge in [-0.05, 0) is 19.4 Å². The van der Waals surface area contributed by atoms with Crippen molar-refractivity contribution in [1.82, 2.24) is 10.6 Å². The van der Waals surface area contributed by atoms with E-state index in [1.54, 1.807) is 24.3 Å². The molecule has 27 heavy (non-hydrogen) atoms. The zero-order valence-corrected chi connectivity index (χ0v) is 15.4. The van der Waals surface area contributed by atoms with Crippen molar-refractivity contribution in [3.63, 3.8) is 0 Å². The molecule has 150 valence electrons. The van der Waals surface area contributed by atoms with Gasteiger partial charge in [-0.2, -0.15) is 0 Å². The van der Waals surface area contributed by atoms with Crippen LogP contribution < -0.4 is 16.4 Å². The van der Waals surface area contributed by atoms with Crippen LogP contribution in [0.2, 0.25) is 0 Å². The Labute approximate surface area is 157 Å². The first-order chi connectivity index (χ1) is 12.7. The molecule has 1 rings (SSSR count). The van der Waals surface area contributed by atoms with Gasteiger partial charge in [-0.3, -0.25) is 9.59 Å². The molecule has 0 bridgehead atoms. The number of benzene rings is 1. The van der Waals surface area contributed by atoms with E-state index >= 15 is 0 Å². The normalized spacial score (nSPS) is 15.3. The molecule has 0 unspecified atom stereocenters. The molecule has 0 fully saturated rings. The molecule has 0 aliphatic carbocycles. The number of ether oxygens (including phenoxy) is 1. The second-order valence-corrected chi connectivity index (χ2v) is 6.24. The zero-order valence-electron chi connectivity index (χ0n) is 15.4. The summed E-state index contributed by atoms with van der Waals surface area (Å²) in [5.41, 5.74) is 6.21. The number of hydrogen-bond acceptors (Lipinski definition) is 6. The zero-order chi connectivity index (χ0) is 20.4. The van der Waals surface area contributed by atoms with Crippen molar-refractivity contribution in [3.8, 4) is 0 Å². The number of nitrogens with one attached hydrogen (secondary N) is 2. The number of hydrogen-bond donors (Lipinski definition) is 5. The van der Waals surface area contributed by atoms with E-state index in [0.29, 0.717) is 0 Å². The van der Waals surface area contributed by atoms with Crippen molar-refractivity contribution in [2.75, 3.05) is 13.2 Å². The molecule has 0 saturated carbocycles. The molecule has 9 nitrogen and oxygen atoms in total. The van der Waals surface area contributed by atoms with E-state index in [1.807, 2.05) is 6.07 Å². The lowest BCUT2D eigenvalue weighted by Crippen LogP contribution is -2.49. The van der Waals surface area contributed by atoms with E-state index < -0.39 is 48.6 Å². The van der Waals surface area contributed by atoms with Crippen LogP contribution in [-0.2, 0) is 25.5 Å². The Bertz CT molecular complexity index is 623. The minimum absolute atomic E-state index is 0.125. The summed E-state index contributed by atoms with van der Waals surface area (Å²) in [4.78, 5) is 35.2. The molecule has 0 aromatic heterocycles. The number of aliphatic hydroxyl groups is 1. The summed E-state index contributed by atoms with van der Waals surface area (Å²) in [5.74, 6) is -2.21. The Morgan fingerprint density at radius 1 is 1.11 bits per heavy atom. The molecule has 6 N–H and O–H groups in total. The lowest BCUT2D eigenvalue weighted by Gasteiger charge is -2.22. The molecule has 4 atom stereocenters. The van der Waals surface area contributed by atoms with Gasteiger partial charge < -0.3 is 31.3 Å². The Morgan fingerprint density at radius 3 is 2.26 bits per heavy atom. The van der Waals surface area contributed by atoms with Crippen LogP contribution in [0.4, 0.5) is 0 Å². The van der Waals surface area contributed by atoms with Gasteiger partial charge in [0.2, 0.25) is 11.8 Å². The molecule has 0 radical (unpaired) electrons. The topological polar surface area (TPSA) is 151 Å². The molecule has 1 aromatic rings. The summed E-state index contributed by atoms with van der Waals surface area (Å²) in [5, 5.41) is 23.5. The maximum absolute atomic E-state index is 12.2. The van der Waals surface area contributed by atoms with Gasteiger partial charge >= 0.3 is 5.97 Å². The number of rotatable bonds is 11. The maximum Gasteiger partial charge on any atom is 0.326 e. The number of carboxylic acid groups (broad SMARTS) is 1. The van der Waals surface area contributed by atoms with Gasteiger partial charge in [-0.15, -0.1) is 0 Å². The first-order valence-electron chi connectivity index (χ1n) is 8.60. The van der Waals surface area contributed by atoms with Gasteiger partial charge in [0.15, 0.2) is 0 Å². The lowest BCUT2D eigenvalue weighted by molar-refractivity contribution is -0.144. The van der Waals surface area contributed by atoms with Gasteiger partial charge in [-0.25, -0.2) is 4.79 Å². The Balaban J connectivity index is 2.55. The van der Waals surface area contributed by atoms with Crippen LogP contribution in [0, 0.1) is 0 Å². The van der Waals surface area contributed by atoms with E-state index in [1.165, 1.54) is 13.8 Å². The maximum atomic E-state index is 12.2. The molecule has 0 spiro atoms. The fourth-order valence-corrected chi connectivity index (χ4v) is 2.15. The Morgan fingerprint density at radius 2 is 1.74 bits per heavy atom. The monoisotopic (exact) mass is 381 g/mol. The average Bonchev–Trinajstić information content (AvgIpc) is 2.64. The number of carboxylic acids is 1. The molecule has 2 amide bonds. The Kier molecular flexibility index (Phi) is 9.41. The van der Waals surface area contributed by atoms with Crippen LogP contribution in [0.25, 0.3) is 0 Å². The predicted octanol–water partition coefficient (Wildman–Crippen LogP) is -0.972. The van der Waals surface area contributed by atoms with E-state index in [9.17, 15) is 24.6 Å². The first-order valence-corrected chi connectivity index (χ1v) is 8.60. The Hall–Kier alpha value is -2.49. The van der Waals surface area contributed by atoms with Gasteiger partial charge in [0, 0.05) is 6.42 Å². The number of aliphatic carboxylic acids is 1. The highest BCUT2D eigenvalue weighted by molar-refractivity contribution is 5.86. The van der Waals surface area contributed by atoms with Crippen LogP contribution >= 0.6 is 0 Å². The minimum Gasteiger partial charge on any atom is -0.480 e. The lowest BCUT2D eigenvalue weighted by atomic mass is 10.1. The predicted molar refractivity (Wildman–Crippen MR) is 97.8 cm³/mol. The van der Waals surface area contributed by atoms with Crippen molar-refractivity contribution < 1.29 is 29.3 Å². The quantitative estimate of drug-likeness (QED) is 0.331. The highest BCUT2D eigenvalue weighted by Gasteiger charge is 2.24. The van der Waals surface area contributed by atoms with Crippen molar-refractivity contribution in [2.45, 2.75) is 44.5 Å². The van der Waals surface area contributed by atoms with Crippen molar-refractivity contribution in [1.29, 1.82) is 0 Å². The number of carbonyl (C=O) groups is 3. The highest BCUT2D eigenvalue weighted by Crippen LogP contribution is 2.04. The average molecular weight is 381 g/mol. The standard InChI is InChI=1S/C18H27N3O6/c1-11(19)16(23)20-14(9-22)10-27-12(2)17(24)21-15(18(25)26)8-13-6-4-3-5-7-13/h3-7,11-12,14-15,22H,8-10,19H2,1-2H3,(H,20,23)(H,21,24)(H,25,26)/t11-,12-,14-,15-/m0/s1. The van der Waals surface area contributed by atoms with Crippen LogP contribution in [0.15, 0.2) is 30.3 Å². The summed E-state index contributed by atoms with van der Waals surface area (Å²) in [7, 11) is 0. The number of nitrogens with two attached hydrogens (primary N) is 1. The van der Waals surface area contributed by atoms with Crippen molar-refractivity contribution in [2.24, 2.45) is 5.73 Å². The molecule has 1 aromatic carbocycles. The van der Waals surface area contributed by atoms with Crippen molar-refractivity contribution >= 4 is 17.8 Å². The summed E-state index contributed by atoms with van der Waals surface area (Å²) in [6.07, 6.45) is -0.831. The third-order valence-corrected chi connectivity index (χ3v) is 3.79. The summed E-state index contributed by atoms with van der Waals surface area (Å²) < 4.78 is 5.35. The van der Waals surface area contributed by atoms with Crippen LogP contribution in [0.3, 0.4) is 0 Å². The fourth-order valence-electron chi connectivity index (χ4n) is 2.15. The summed E-state index contributed by atoms with van der Waals surface area (Å²) in [6.45, 7) is 2.44. The number of aliphatic hydroxyl groups excluding tert-OH is 1. The fraction of sp³-hybridized carbons (Fsp3) is 0.500. The number of amides is 2. The second-order valence-electron chi connectivity index (χ2n) is 6.24. The molecule has 0 aliphatic rings. The van der Waals surface area contributed by atoms with Crippen LogP contribution in [0.5, 0.6) is 0 Å². The number of carbonyl (C=O) groups excluding carboxylic acids is 2. The second kappa shape index (κ2) is 11.3. The van der Waals surface area contributed by atoms with Gasteiger partial charge in [0.1, 0.15) is 12.1 Å². The van der Waals surface area contributed by atoms with E-state index in [2.05, 4.69) is 10.6 Å². The summed E-state index contributed by atoms with van der Waals surface area (Å²) >= 11 is 0. The molecule has 0 saturated heterocycles. The third kappa shape index (κ3) is 8.16. The van der Waals surface area contributed by atoms with E-state index in [-0.39, 0.29) is 13.0 Å². The smallest absolute Gasteiger partial charge is 0.326 e. The van der Waals surface area contributed by atoms with E-state index in [4.69, 9.17) is 10.5 Å². The van der Waals surface area contributed by atoms with Crippen molar-refractivity contribution in [3.05, 3.63) is 35.9 Å². The third-order valence-electron chi connectivity index (χ3n) is 3.79. The SMILES string of the molecule is C[C@H](N)C(=O)N[C@@H](CO)CO[C@@H](C)C(=O)N[C@@H](Cc1ccccc1)C(=O)O. The van der Waals surface area contributed by atoms with E-state index in [0.717, 1.165) is 5.56 Å². The summed E-state index contributed by atoms with van der Waals surface area (Å²) in [6, 6.07) is 6.37. The van der Waals surface area contributed by atoms with Gasteiger partial charge in [0.25, 0.3) is 0 Å². The molecular weight excluding hydrogens is 354 g/mol.